The molecule has 1 N–H and O–H groups in total. The van der Waals surface area contributed by atoms with Crippen molar-refractivity contribution >= 4 is 57.9 Å². The highest BCUT2D eigenvalue weighted by Crippen LogP contribution is 2.35. The van der Waals surface area contributed by atoms with E-state index in [1.54, 1.807) is 43.7 Å². The van der Waals surface area contributed by atoms with Crippen molar-refractivity contribution in [3.05, 3.63) is 133 Å². The molecular formula is C33H26Cl2IN3O3. The molecule has 0 saturated carbocycles. The molecule has 0 spiro atoms. The second kappa shape index (κ2) is 13.5. The number of hydrogen-bond donors (Lipinski definition) is 1. The van der Waals surface area contributed by atoms with Crippen LogP contribution in [0.25, 0.3) is 16.9 Å². The first-order valence-corrected chi connectivity index (χ1v) is 14.8. The van der Waals surface area contributed by atoms with Crippen molar-refractivity contribution < 1.29 is 14.3 Å². The first-order valence-electron chi connectivity index (χ1n) is 13.0. The van der Waals surface area contributed by atoms with E-state index in [9.17, 15) is 4.79 Å². The maximum Gasteiger partial charge on any atom is 0.271 e. The molecule has 42 heavy (non-hydrogen) atoms. The Morgan fingerprint density at radius 3 is 2.45 bits per heavy atom. The Kier molecular flexibility index (Phi) is 9.51. The third-order valence-electron chi connectivity index (χ3n) is 6.55. The monoisotopic (exact) mass is 709 g/mol. The van der Waals surface area contributed by atoms with Gasteiger partial charge in [0.05, 0.1) is 22.6 Å². The fourth-order valence-corrected chi connectivity index (χ4v) is 5.69. The largest absolute Gasteiger partial charge is 0.493 e. The normalized spacial score (nSPS) is 11.1. The number of nitrogens with one attached hydrogen (secondary N) is 1. The van der Waals surface area contributed by atoms with Crippen molar-refractivity contribution in [3.63, 3.8) is 0 Å². The number of hydrogen-bond acceptors (Lipinski definition) is 4. The molecule has 4 aromatic carbocycles. The fourth-order valence-electron chi connectivity index (χ4n) is 4.45. The molecule has 0 bridgehead atoms. The highest BCUT2D eigenvalue weighted by Gasteiger charge is 2.14. The summed E-state index contributed by atoms with van der Waals surface area (Å²) in [5.41, 5.74) is 8.93. The number of benzene rings is 4. The number of carbonyl (C=O) groups excluding carboxylic acids is 1. The van der Waals surface area contributed by atoms with Crippen LogP contribution in [0.5, 0.6) is 11.5 Å². The SMILES string of the molecule is COc1cc(/C=N/NC(=O)c2ccc(-n3c(C)ccc3-c3ccccc3)cc2)cc(I)c1OCc1ccc(Cl)cc1Cl. The van der Waals surface area contributed by atoms with E-state index in [0.717, 1.165) is 37.3 Å². The van der Waals surface area contributed by atoms with E-state index < -0.39 is 0 Å². The van der Waals surface area contributed by atoms with Gasteiger partial charge in [0.1, 0.15) is 6.61 Å². The van der Waals surface area contributed by atoms with Crippen LogP contribution in [-0.2, 0) is 6.61 Å². The molecule has 9 heteroatoms. The fraction of sp³-hybridized carbons (Fsp3) is 0.0909. The smallest absolute Gasteiger partial charge is 0.271 e. The van der Waals surface area contributed by atoms with Gasteiger partial charge in [-0.15, -0.1) is 0 Å². The van der Waals surface area contributed by atoms with Gasteiger partial charge in [-0.05, 0) is 101 Å². The van der Waals surface area contributed by atoms with Crippen molar-refractivity contribution in [2.45, 2.75) is 13.5 Å². The highest BCUT2D eigenvalue weighted by molar-refractivity contribution is 14.1. The van der Waals surface area contributed by atoms with Crippen LogP contribution in [0.1, 0.15) is 27.2 Å². The summed E-state index contributed by atoms with van der Waals surface area (Å²) >= 11 is 14.4. The van der Waals surface area contributed by atoms with Gasteiger partial charge in [0.2, 0.25) is 0 Å². The minimum absolute atomic E-state index is 0.252. The van der Waals surface area contributed by atoms with Crippen LogP contribution in [0, 0.1) is 10.5 Å². The lowest BCUT2D eigenvalue weighted by Crippen LogP contribution is -2.17. The predicted octanol–water partition coefficient (Wildman–Crippen LogP) is 8.72. The lowest BCUT2D eigenvalue weighted by molar-refractivity contribution is 0.0955. The Morgan fingerprint density at radius 2 is 1.74 bits per heavy atom. The molecule has 0 fully saturated rings. The number of nitrogens with zero attached hydrogens (tertiary/aromatic N) is 2. The van der Waals surface area contributed by atoms with Crippen molar-refractivity contribution in [2.24, 2.45) is 5.10 Å². The molecule has 0 saturated heterocycles. The van der Waals surface area contributed by atoms with Gasteiger partial charge in [0.25, 0.3) is 5.91 Å². The lowest BCUT2D eigenvalue weighted by atomic mass is 10.1. The molecule has 1 aromatic heterocycles. The molecule has 1 heterocycles. The van der Waals surface area contributed by atoms with Crippen molar-refractivity contribution in [1.82, 2.24) is 9.99 Å². The predicted molar refractivity (Wildman–Crippen MR) is 178 cm³/mol. The number of aromatic nitrogens is 1. The average Bonchev–Trinajstić information content (AvgIpc) is 3.38. The average molecular weight is 710 g/mol. The number of ether oxygens (including phenoxy) is 2. The Labute approximate surface area is 268 Å². The Bertz CT molecular complexity index is 1750. The van der Waals surface area contributed by atoms with Gasteiger partial charge in [0, 0.05) is 32.6 Å². The number of amides is 1. The number of methoxy groups -OCH3 is 1. The van der Waals surface area contributed by atoms with Gasteiger partial charge in [0.15, 0.2) is 11.5 Å². The van der Waals surface area contributed by atoms with E-state index in [2.05, 4.69) is 68.9 Å². The summed E-state index contributed by atoms with van der Waals surface area (Å²) in [4.78, 5) is 12.8. The molecule has 5 rings (SSSR count). The van der Waals surface area contributed by atoms with Crippen LogP contribution in [-0.4, -0.2) is 23.8 Å². The zero-order valence-electron chi connectivity index (χ0n) is 22.8. The minimum atomic E-state index is -0.313. The summed E-state index contributed by atoms with van der Waals surface area (Å²) in [6.45, 7) is 2.31. The van der Waals surface area contributed by atoms with Crippen LogP contribution in [0.4, 0.5) is 0 Å². The summed E-state index contributed by atoms with van der Waals surface area (Å²) in [5.74, 6) is 0.802. The molecule has 0 aliphatic heterocycles. The van der Waals surface area contributed by atoms with Gasteiger partial charge in [-0.25, -0.2) is 5.43 Å². The molecule has 1 amide bonds. The Hall–Kier alpha value is -3.79. The molecule has 0 aliphatic rings. The van der Waals surface area contributed by atoms with Gasteiger partial charge in [-0.2, -0.15) is 5.10 Å². The van der Waals surface area contributed by atoms with E-state index in [1.807, 2.05) is 42.5 Å². The van der Waals surface area contributed by atoms with E-state index in [-0.39, 0.29) is 12.5 Å². The van der Waals surface area contributed by atoms with Crippen LogP contribution in [0.15, 0.2) is 102 Å². The van der Waals surface area contributed by atoms with E-state index >= 15 is 0 Å². The quantitative estimate of drug-likeness (QED) is 0.0946. The molecule has 0 radical (unpaired) electrons. The zero-order valence-corrected chi connectivity index (χ0v) is 26.4. The molecule has 0 aliphatic carbocycles. The lowest BCUT2D eigenvalue weighted by Gasteiger charge is -2.14. The minimum Gasteiger partial charge on any atom is -0.493 e. The Morgan fingerprint density at radius 1 is 0.976 bits per heavy atom. The van der Waals surface area contributed by atoms with Crippen molar-refractivity contribution in [2.75, 3.05) is 7.11 Å². The molecule has 212 valence electrons. The topological polar surface area (TPSA) is 64.8 Å². The number of hydrazone groups is 1. The van der Waals surface area contributed by atoms with E-state index in [0.29, 0.717) is 27.1 Å². The van der Waals surface area contributed by atoms with Crippen molar-refractivity contribution in [1.29, 1.82) is 0 Å². The molecule has 0 atom stereocenters. The van der Waals surface area contributed by atoms with Gasteiger partial charge < -0.3 is 14.0 Å². The number of halogens is 3. The van der Waals surface area contributed by atoms with Crippen molar-refractivity contribution in [3.8, 4) is 28.4 Å². The maximum atomic E-state index is 12.8. The zero-order chi connectivity index (χ0) is 29.6. The first kappa shape index (κ1) is 29.7. The van der Waals surface area contributed by atoms with Gasteiger partial charge in [-0.3, -0.25) is 4.79 Å². The van der Waals surface area contributed by atoms with Crippen LogP contribution >= 0.6 is 45.8 Å². The van der Waals surface area contributed by atoms with E-state index in [4.69, 9.17) is 32.7 Å². The molecular weight excluding hydrogens is 684 g/mol. The summed E-state index contributed by atoms with van der Waals surface area (Å²) in [7, 11) is 1.57. The molecule has 6 nitrogen and oxygen atoms in total. The van der Waals surface area contributed by atoms with Gasteiger partial charge in [-0.1, -0.05) is 59.6 Å². The van der Waals surface area contributed by atoms with E-state index in [1.165, 1.54) is 0 Å². The third-order valence-corrected chi connectivity index (χ3v) is 7.94. The van der Waals surface area contributed by atoms with Gasteiger partial charge >= 0.3 is 0 Å². The summed E-state index contributed by atoms with van der Waals surface area (Å²) < 4.78 is 14.6. The molecule has 5 aromatic rings. The number of rotatable bonds is 9. The number of carbonyl (C=O) groups is 1. The first-order chi connectivity index (χ1) is 20.3. The summed E-state index contributed by atoms with van der Waals surface area (Å²) in [6, 6.07) is 30.8. The standard InChI is InChI=1S/C33H26Cl2IN3O3/c1-21-8-15-30(23-6-4-3-5-7-23)39(21)27-13-10-24(11-14-27)33(40)38-37-19-22-16-29(36)32(31(17-22)41-2)42-20-25-9-12-26(34)18-28(25)35/h3-19H,20H2,1-2H3,(H,38,40)/b37-19+. The maximum absolute atomic E-state index is 12.8. The second-order valence-corrected chi connectivity index (χ2v) is 11.4. The number of aryl methyl sites for hydroxylation is 1. The highest BCUT2D eigenvalue weighted by atomic mass is 127. The summed E-state index contributed by atoms with van der Waals surface area (Å²) in [6.07, 6.45) is 1.56. The van der Waals surface area contributed by atoms with Crippen LogP contribution < -0.4 is 14.9 Å². The van der Waals surface area contributed by atoms with Crippen LogP contribution in [0.2, 0.25) is 10.0 Å². The second-order valence-electron chi connectivity index (χ2n) is 9.37. The summed E-state index contributed by atoms with van der Waals surface area (Å²) in [5, 5.41) is 5.25. The molecule has 0 unspecified atom stereocenters. The third kappa shape index (κ3) is 6.81. The van der Waals surface area contributed by atoms with Crippen LogP contribution in [0.3, 0.4) is 0 Å². The Balaban J connectivity index is 1.25.